The van der Waals surface area contributed by atoms with Crippen molar-refractivity contribution in [3.63, 3.8) is 0 Å². The molecule has 2 aromatic heterocycles. The van der Waals surface area contributed by atoms with Gasteiger partial charge in [0.05, 0.1) is 7.11 Å². The van der Waals surface area contributed by atoms with Crippen molar-refractivity contribution in [2.45, 2.75) is 32.4 Å². The smallest absolute Gasteiger partial charge is 0.293 e. The van der Waals surface area contributed by atoms with Crippen molar-refractivity contribution in [2.75, 3.05) is 20.2 Å². The van der Waals surface area contributed by atoms with E-state index in [9.17, 15) is 9.59 Å². The van der Waals surface area contributed by atoms with Crippen LogP contribution in [-0.4, -0.2) is 45.4 Å². The molecular weight excluding hydrogens is 320 g/mol. The molecule has 0 aliphatic carbocycles. The summed E-state index contributed by atoms with van der Waals surface area (Å²) in [5.41, 5.74) is -0.271. The van der Waals surface area contributed by atoms with Gasteiger partial charge in [0, 0.05) is 38.2 Å². The lowest BCUT2D eigenvalue weighted by atomic mass is 9.93. The number of piperidine rings is 1. The molecule has 1 aliphatic rings. The Bertz CT molecular complexity index is 746. The fourth-order valence-electron chi connectivity index (χ4n) is 3.26. The Hall–Kier alpha value is -2.57. The largest absolute Gasteiger partial charge is 0.491 e. The molecule has 1 amide bonds. The third-order valence-corrected chi connectivity index (χ3v) is 4.80. The number of methoxy groups -OCH3 is 1. The summed E-state index contributed by atoms with van der Waals surface area (Å²) in [6.45, 7) is 2.49. The fourth-order valence-corrected chi connectivity index (χ4v) is 3.26. The van der Waals surface area contributed by atoms with Gasteiger partial charge in [0.25, 0.3) is 5.56 Å². The van der Waals surface area contributed by atoms with E-state index in [-0.39, 0.29) is 23.8 Å². The van der Waals surface area contributed by atoms with E-state index in [0.29, 0.717) is 5.92 Å². The summed E-state index contributed by atoms with van der Waals surface area (Å²) in [5.74, 6) is 0.862. The lowest BCUT2D eigenvalue weighted by Crippen LogP contribution is -2.41. The van der Waals surface area contributed by atoms with Gasteiger partial charge in [0.15, 0.2) is 5.75 Å². The quantitative estimate of drug-likeness (QED) is 0.794. The molecule has 2 aromatic rings. The number of rotatable bonds is 6. The second-order valence-electron chi connectivity index (χ2n) is 6.39. The predicted molar refractivity (Wildman–Crippen MR) is 93.4 cm³/mol. The molecule has 0 saturated carbocycles. The third-order valence-electron chi connectivity index (χ3n) is 4.80. The van der Waals surface area contributed by atoms with Crippen molar-refractivity contribution < 1.29 is 9.53 Å². The van der Waals surface area contributed by atoms with Gasteiger partial charge in [-0.2, -0.15) is 5.10 Å². The molecule has 1 aliphatic heterocycles. The van der Waals surface area contributed by atoms with Gasteiger partial charge < -0.3 is 14.2 Å². The summed E-state index contributed by atoms with van der Waals surface area (Å²) >= 11 is 0. The van der Waals surface area contributed by atoms with Crippen molar-refractivity contribution >= 4 is 5.91 Å². The maximum absolute atomic E-state index is 12.5. The summed E-state index contributed by atoms with van der Waals surface area (Å²) in [6, 6.07) is 5.26. The molecule has 25 heavy (non-hydrogen) atoms. The van der Waals surface area contributed by atoms with E-state index in [4.69, 9.17) is 4.74 Å². The summed E-state index contributed by atoms with van der Waals surface area (Å²) < 4.78 is 8.38. The number of ether oxygens (including phenoxy) is 1. The minimum Gasteiger partial charge on any atom is -0.491 e. The fraction of sp³-hybridized carbons (Fsp3) is 0.500. The number of nitrogens with zero attached hydrogens (tertiary/aromatic N) is 4. The number of carbonyl (C=O) groups is 1. The van der Waals surface area contributed by atoms with Crippen LogP contribution in [0.25, 0.3) is 0 Å². The van der Waals surface area contributed by atoms with Crippen LogP contribution in [0.1, 0.15) is 19.3 Å². The molecule has 7 heteroatoms. The number of amides is 1. The summed E-state index contributed by atoms with van der Waals surface area (Å²) in [7, 11) is 1.46. The zero-order chi connectivity index (χ0) is 17.6. The highest BCUT2D eigenvalue weighted by atomic mass is 16.5. The Balaban J connectivity index is 1.49. The van der Waals surface area contributed by atoms with E-state index in [1.165, 1.54) is 11.7 Å². The van der Waals surface area contributed by atoms with Gasteiger partial charge in [-0.25, -0.2) is 0 Å². The lowest BCUT2D eigenvalue weighted by Gasteiger charge is -2.32. The zero-order valence-electron chi connectivity index (χ0n) is 14.5. The van der Waals surface area contributed by atoms with Gasteiger partial charge in [-0.3, -0.25) is 14.3 Å². The Morgan fingerprint density at radius 2 is 2.08 bits per heavy atom. The van der Waals surface area contributed by atoms with Crippen molar-refractivity contribution in [3.05, 3.63) is 47.1 Å². The molecule has 0 bridgehead atoms. The van der Waals surface area contributed by atoms with Gasteiger partial charge in [0.1, 0.15) is 6.54 Å². The molecule has 134 valence electrons. The van der Waals surface area contributed by atoms with Crippen LogP contribution in [0.4, 0.5) is 0 Å². The van der Waals surface area contributed by atoms with E-state index in [2.05, 4.69) is 5.10 Å². The Morgan fingerprint density at radius 3 is 2.76 bits per heavy atom. The number of carbonyl (C=O) groups excluding carboxylic acids is 1. The number of aromatic nitrogens is 3. The lowest BCUT2D eigenvalue weighted by molar-refractivity contribution is -0.133. The third kappa shape index (κ3) is 4.29. The molecular formula is C18H24N4O3. The van der Waals surface area contributed by atoms with Gasteiger partial charge in [0.2, 0.25) is 5.91 Å². The monoisotopic (exact) mass is 344 g/mol. The first kappa shape index (κ1) is 17.3. The van der Waals surface area contributed by atoms with Gasteiger partial charge in [-0.1, -0.05) is 0 Å². The maximum atomic E-state index is 12.5. The Kier molecular flexibility index (Phi) is 5.53. The van der Waals surface area contributed by atoms with Crippen molar-refractivity contribution in [1.82, 2.24) is 19.2 Å². The summed E-state index contributed by atoms with van der Waals surface area (Å²) in [4.78, 5) is 26.5. The van der Waals surface area contributed by atoms with Crippen LogP contribution in [0.15, 0.2) is 41.6 Å². The highest BCUT2D eigenvalue weighted by Crippen LogP contribution is 2.21. The molecule has 0 atom stereocenters. The van der Waals surface area contributed by atoms with E-state index in [1.54, 1.807) is 24.5 Å². The molecule has 1 fully saturated rings. The van der Waals surface area contributed by atoms with Gasteiger partial charge in [-0.05, 0) is 43.4 Å². The normalized spacial score (nSPS) is 15.3. The predicted octanol–water partition coefficient (Wildman–Crippen LogP) is 1.38. The number of aryl methyl sites for hydroxylation is 1. The average molecular weight is 344 g/mol. The molecule has 0 N–H and O–H groups in total. The number of hydrogen-bond acceptors (Lipinski definition) is 4. The Labute approximate surface area is 146 Å². The van der Waals surface area contributed by atoms with Crippen LogP contribution in [0.5, 0.6) is 5.75 Å². The van der Waals surface area contributed by atoms with Gasteiger partial charge in [-0.15, -0.1) is 0 Å². The number of likely N-dealkylation sites (tertiary alicyclic amines) is 1. The molecule has 0 aromatic carbocycles. The summed E-state index contributed by atoms with van der Waals surface area (Å²) in [6.07, 6.45) is 8.48. The highest BCUT2D eigenvalue weighted by Gasteiger charge is 2.23. The first-order valence-electron chi connectivity index (χ1n) is 8.66. The SMILES string of the molecule is COc1cccn(CC(=O)N2CCC(CCn3cccn3)CC2)c1=O. The van der Waals surface area contributed by atoms with E-state index >= 15 is 0 Å². The zero-order valence-corrected chi connectivity index (χ0v) is 14.5. The molecule has 7 nitrogen and oxygen atoms in total. The summed E-state index contributed by atoms with van der Waals surface area (Å²) in [5, 5.41) is 4.22. The van der Waals surface area contributed by atoms with Crippen molar-refractivity contribution in [2.24, 2.45) is 5.92 Å². The first-order valence-corrected chi connectivity index (χ1v) is 8.66. The second-order valence-corrected chi connectivity index (χ2v) is 6.39. The molecule has 3 heterocycles. The van der Waals surface area contributed by atoms with Crippen LogP contribution in [0.2, 0.25) is 0 Å². The second kappa shape index (κ2) is 8.00. The molecule has 0 spiro atoms. The van der Waals surface area contributed by atoms with Crippen LogP contribution in [0.3, 0.4) is 0 Å². The van der Waals surface area contributed by atoms with Gasteiger partial charge >= 0.3 is 0 Å². The van der Waals surface area contributed by atoms with Crippen molar-refractivity contribution in [3.8, 4) is 5.75 Å². The number of hydrogen-bond donors (Lipinski definition) is 0. The van der Waals surface area contributed by atoms with Crippen LogP contribution in [0, 0.1) is 5.92 Å². The maximum Gasteiger partial charge on any atom is 0.293 e. The van der Waals surface area contributed by atoms with E-state index in [1.807, 2.05) is 21.8 Å². The standard InChI is InChI=1S/C18H24N4O3/c1-25-16-4-2-9-21(18(16)24)14-17(23)20-11-5-15(6-12-20)7-13-22-10-3-8-19-22/h2-4,8-10,15H,5-7,11-14H2,1H3. The van der Waals surface area contributed by atoms with Crippen LogP contribution < -0.4 is 10.3 Å². The van der Waals surface area contributed by atoms with E-state index < -0.39 is 0 Å². The minimum atomic E-state index is -0.271. The Morgan fingerprint density at radius 1 is 1.28 bits per heavy atom. The topological polar surface area (TPSA) is 69.4 Å². The van der Waals surface area contributed by atoms with Crippen LogP contribution >= 0.6 is 0 Å². The first-order chi connectivity index (χ1) is 12.2. The highest BCUT2D eigenvalue weighted by molar-refractivity contribution is 5.76. The number of pyridine rings is 1. The van der Waals surface area contributed by atoms with Crippen molar-refractivity contribution in [1.29, 1.82) is 0 Å². The minimum absolute atomic E-state index is 0.0131. The van der Waals surface area contributed by atoms with E-state index in [0.717, 1.165) is 38.9 Å². The van der Waals surface area contributed by atoms with Crippen LogP contribution in [-0.2, 0) is 17.9 Å². The molecule has 0 radical (unpaired) electrons. The molecule has 3 rings (SSSR count). The average Bonchev–Trinajstić information content (AvgIpc) is 3.16. The molecule has 0 unspecified atom stereocenters. The molecule has 1 saturated heterocycles.